The minimum absolute atomic E-state index is 0.217. The van der Waals surface area contributed by atoms with Crippen LogP contribution in [0.15, 0.2) is 33.8 Å². The quantitative estimate of drug-likeness (QED) is 0.862. The number of furan rings is 1. The van der Waals surface area contributed by atoms with Crippen LogP contribution in [0.3, 0.4) is 0 Å². The van der Waals surface area contributed by atoms with Crippen LogP contribution in [0.1, 0.15) is 30.8 Å². The van der Waals surface area contributed by atoms with Crippen LogP contribution < -0.4 is 5.32 Å². The zero-order valence-corrected chi connectivity index (χ0v) is 11.3. The zero-order valence-electron chi connectivity index (χ0n) is 9.74. The first-order valence-electron chi connectivity index (χ1n) is 5.75. The van der Waals surface area contributed by atoms with E-state index in [-0.39, 0.29) is 6.04 Å². The Morgan fingerprint density at radius 1 is 1.59 bits per heavy atom. The zero-order chi connectivity index (χ0) is 12.1. The minimum Gasteiger partial charge on any atom is -0.457 e. The third-order valence-electron chi connectivity index (χ3n) is 2.61. The summed E-state index contributed by atoms with van der Waals surface area (Å²) in [5.74, 6) is 0.978. The predicted octanol–water partition coefficient (Wildman–Crippen LogP) is 3.05. The molecule has 0 aliphatic carbocycles. The predicted molar refractivity (Wildman–Crippen MR) is 69.7 cm³/mol. The topological polar surface area (TPSA) is 53.9 Å². The summed E-state index contributed by atoms with van der Waals surface area (Å²) in [6.45, 7) is 3.13. The van der Waals surface area contributed by atoms with Crippen LogP contribution in [0.2, 0.25) is 0 Å². The van der Waals surface area contributed by atoms with Gasteiger partial charge >= 0.3 is 0 Å². The van der Waals surface area contributed by atoms with Crippen LogP contribution in [0.5, 0.6) is 0 Å². The van der Waals surface area contributed by atoms with Gasteiger partial charge in [0.05, 0.1) is 6.26 Å². The number of aromatic amines is 1. The number of aromatic nitrogens is 2. The Morgan fingerprint density at radius 3 is 3.06 bits per heavy atom. The SMILES string of the molecule is CCCNC(Cc1ncc[nH]1)c1ccoc1Br. The van der Waals surface area contributed by atoms with Crippen molar-refractivity contribution in [3.05, 3.63) is 40.8 Å². The molecule has 1 unspecified atom stereocenters. The Kier molecular flexibility index (Phi) is 4.39. The van der Waals surface area contributed by atoms with Gasteiger partial charge in [-0.1, -0.05) is 6.92 Å². The van der Waals surface area contributed by atoms with Gasteiger partial charge < -0.3 is 14.7 Å². The number of rotatable bonds is 6. The van der Waals surface area contributed by atoms with Crippen LogP contribution >= 0.6 is 15.9 Å². The maximum atomic E-state index is 5.29. The number of halogens is 1. The molecule has 17 heavy (non-hydrogen) atoms. The monoisotopic (exact) mass is 297 g/mol. The van der Waals surface area contributed by atoms with E-state index in [1.54, 1.807) is 12.5 Å². The van der Waals surface area contributed by atoms with Gasteiger partial charge in [-0.2, -0.15) is 0 Å². The van der Waals surface area contributed by atoms with Crippen molar-refractivity contribution in [1.29, 1.82) is 0 Å². The highest BCUT2D eigenvalue weighted by atomic mass is 79.9. The van der Waals surface area contributed by atoms with Gasteiger partial charge in [-0.3, -0.25) is 0 Å². The van der Waals surface area contributed by atoms with Gasteiger partial charge in [-0.15, -0.1) is 0 Å². The van der Waals surface area contributed by atoms with Crippen molar-refractivity contribution in [3.8, 4) is 0 Å². The second-order valence-electron chi connectivity index (χ2n) is 3.90. The van der Waals surface area contributed by atoms with Gasteiger partial charge in [0.25, 0.3) is 0 Å². The van der Waals surface area contributed by atoms with Crippen molar-refractivity contribution in [2.75, 3.05) is 6.54 Å². The van der Waals surface area contributed by atoms with E-state index in [9.17, 15) is 0 Å². The number of nitrogens with one attached hydrogen (secondary N) is 2. The lowest BCUT2D eigenvalue weighted by Crippen LogP contribution is -2.24. The van der Waals surface area contributed by atoms with Gasteiger partial charge in [0.15, 0.2) is 4.67 Å². The molecule has 0 radical (unpaired) electrons. The molecule has 2 aromatic heterocycles. The molecule has 92 valence electrons. The molecule has 0 fully saturated rings. The number of hydrogen-bond acceptors (Lipinski definition) is 3. The van der Waals surface area contributed by atoms with Crippen molar-refractivity contribution in [2.24, 2.45) is 0 Å². The molecule has 0 aromatic carbocycles. The van der Waals surface area contributed by atoms with Crippen LogP contribution in [0, 0.1) is 0 Å². The molecule has 2 rings (SSSR count). The third-order valence-corrected chi connectivity index (χ3v) is 3.26. The lowest BCUT2D eigenvalue weighted by molar-refractivity contribution is 0.493. The summed E-state index contributed by atoms with van der Waals surface area (Å²) in [4.78, 5) is 7.39. The Bertz CT molecular complexity index is 438. The average Bonchev–Trinajstić information content (AvgIpc) is 2.95. The highest BCUT2D eigenvalue weighted by Gasteiger charge is 2.17. The summed E-state index contributed by atoms with van der Waals surface area (Å²) in [6, 6.07) is 2.20. The standard InChI is InChI=1S/C12H16BrN3O/c1-2-4-14-10(8-11-15-5-6-16-11)9-3-7-17-12(9)13/h3,5-7,10,14H,2,4,8H2,1H3,(H,15,16). The number of imidazole rings is 1. The number of nitrogens with zero attached hydrogens (tertiary/aromatic N) is 1. The summed E-state index contributed by atoms with van der Waals surface area (Å²) >= 11 is 3.43. The van der Waals surface area contributed by atoms with Crippen LogP contribution in [0.4, 0.5) is 0 Å². The number of H-pyrrole nitrogens is 1. The van der Waals surface area contributed by atoms with Crippen molar-refractivity contribution >= 4 is 15.9 Å². The Labute approximate surface area is 109 Å². The first-order valence-corrected chi connectivity index (χ1v) is 6.55. The molecule has 1 atom stereocenters. The first kappa shape index (κ1) is 12.4. The fourth-order valence-electron chi connectivity index (χ4n) is 1.77. The summed E-state index contributed by atoms with van der Waals surface area (Å²) in [5, 5.41) is 3.50. The molecule has 2 N–H and O–H groups in total. The number of hydrogen-bond donors (Lipinski definition) is 2. The third kappa shape index (κ3) is 3.20. The molecule has 2 heterocycles. The van der Waals surface area contributed by atoms with E-state index in [4.69, 9.17) is 4.42 Å². The van der Waals surface area contributed by atoms with E-state index in [0.717, 1.165) is 35.4 Å². The highest BCUT2D eigenvalue weighted by molar-refractivity contribution is 9.10. The van der Waals surface area contributed by atoms with Crippen molar-refractivity contribution in [2.45, 2.75) is 25.8 Å². The largest absolute Gasteiger partial charge is 0.457 e. The fraction of sp³-hybridized carbons (Fsp3) is 0.417. The van der Waals surface area contributed by atoms with E-state index in [1.807, 2.05) is 12.3 Å². The average molecular weight is 298 g/mol. The molecular weight excluding hydrogens is 282 g/mol. The van der Waals surface area contributed by atoms with Crippen molar-refractivity contribution in [1.82, 2.24) is 15.3 Å². The Morgan fingerprint density at radius 2 is 2.47 bits per heavy atom. The lowest BCUT2D eigenvalue weighted by atomic mass is 10.1. The maximum absolute atomic E-state index is 5.29. The fourth-order valence-corrected chi connectivity index (χ4v) is 2.28. The smallest absolute Gasteiger partial charge is 0.173 e. The van der Waals surface area contributed by atoms with Crippen LogP contribution in [0.25, 0.3) is 0 Å². The van der Waals surface area contributed by atoms with Gasteiger partial charge in [0.1, 0.15) is 5.82 Å². The molecule has 0 spiro atoms. The summed E-state index contributed by atoms with van der Waals surface area (Å²) < 4.78 is 6.08. The maximum Gasteiger partial charge on any atom is 0.173 e. The molecule has 4 nitrogen and oxygen atoms in total. The van der Waals surface area contributed by atoms with E-state index in [2.05, 4.69) is 38.1 Å². The second-order valence-corrected chi connectivity index (χ2v) is 4.62. The van der Waals surface area contributed by atoms with E-state index >= 15 is 0 Å². The molecule has 2 aromatic rings. The van der Waals surface area contributed by atoms with Crippen molar-refractivity contribution in [3.63, 3.8) is 0 Å². The molecule has 0 saturated carbocycles. The minimum atomic E-state index is 0.217. The first-order chi connectivity index (χ1) is 8.31. The van der Waals surface area contributed by atoms with Crippen LogP contribution in [-0.4, -0.2) is 16.5 Å². The van der Waals surface area contributed by atoms with Gasteiger partial charge in [0.2, 0.25) is 0 Å². The highest BCUT2D eigenvalue weighted by Crippen LogP contribution is 2.26. The Balaban J connectivity index is 2.11. The lowest BCUT2D eigenvalue weighted by Gasteiger charge is -2.16. The second kappa shape index (κ2) is 6.02. The molecule has 0 saturated heterocycles. The van der Waals surface area contributed by atoms with E-state index in [0.29, 0.717) is 0 Å². The van der Waals surface area contributed by atoms with Gasteiger partial charge in [0, 0.05) is 30.4 Å². The van der Waals surface area contributed by atoms with E-state index < -0.39 is 0 Å². The molecule has 0 amide bonds. The molecule has 0 aliphatic rings. The summed E-state index contributed by atoms with van der Waals surface area (Å²) in [6.07, 6.45) is 7.24. The summed E-state index contributed by atoms with van der Waals surface area (Å²) in [7, 11) is 0. The van der Waals surface area contributed by atoms with Gasteiger partial charge in [-0.25, -0.2) is 4.98 Å². The van der Waals surface area contributed by atoms with E-state index in [1.165, 1.54) is 0 Å². The molecule has 0 aliphatic heterocycles. The van der Waals surface area contributed by atoms with Crippen molar-refractivity contribution < 1.29 is 4.42 Å². The molecule has 0 bridgehead atoms. The molecular formula is C12H16BrN3O. The normalized spacial score (nSPS) is 12.8. The molecule has 5 heteroatoms. The summed E-state index contributed by atoms with van der Waals surface area (Å²) in [5.41, 5.74) is 1.13. The van der Waals surface area contributed by atoms with Crippen LogP contribution in [-0.2, 0) is 6.42 Å². The van der Waals surface area contributed by atoms with Gasteiger partial charge in [-0.05, 0) is 35.0 Å². The Hall–Kier alpha value is -1.07.